The number of aliphatic hydroxyl groups is 1. The van der Waals surface area contributed by atoms with E-state index in [-0.39, 0.29) is 29.3 Å². The van der Waals surface area contributed by atoms with Crippen LogP contribution in [0.3, 0.4) is 0 Å². The minimum atomic E-state index is -3.67. The van der Waals surface area contributed by atoms with Crippen molar-refractivity contribution < 1.29 is 32.5 Å². The molecule has 1 saturated heterocycles. The van der Waals surface area contributed by atoms with Gasteiger partial charge in [-0.25, -0.2) is 18.2 Å². The third-order valence-electron chi connectivity index (χ3n) is 5.25. The second-order valence-electron chi connectivity index (χ2n) is 8.26. The van der Waals surface area contributed by atoms with E-state index in [2.05, 4.69) is 20.3 Å². The number of aliphatic hydroxyl groups excluding tert-OH is 1. The van der Waals surface area contributed by atoms with E-state index in [1.165, 1.54) is 19.4 Å². The molecule has 12 nitrogen and oxygen atoms in total. The smallest absolute Gasteiger partial charge is 0.410 e. The summed E-state index contributed by atoms with van der Waals surface area (Å²) in [5.74, 6) is 0.288. The molecule has 192 valence electrons. The minimum Gasteiger partial charge on any atom is -0.491 e. The predicted octanol–water partition coefficient (Wildman–Crippen LogP) is 2.09. The van der Waals surface area contributed by atoms with Crippen molar-refractivity contribution in [2.45, 2.75) is 50.8 Å². The van der Waals surface area contributed by atoms with Crippen molar-refractivity contribution in [2.75, 3.05) is 37.9 Å². The van der Waals surface area contributed by atoms with Gasteiger partial charge in [-0.15, -0.1) is 0 Å². The summed E-state index contributed by atoms with van der Waals surface area (Å²) in [7, 11) is -2.19. The van der Waals surface area contributed by atoms with Crippen molar-refractivity contribution in [3.8, 4) is 11.8 Å². The van der Waals surface area contributed by atoms with Gasteiger partial charge in [0.2, 0.25) is 0 Å². The van der Waals surface area contributed by atoms with E-state index in [0.717, 1.165) is 0 Å². The summed E-state index contributed by atoms with van der Waals surface area (Å²) >= 11 is 0. The Morgan fingerprint density at radius 2 is 1.97 bits per heavy atom. The fourth-order valence-corrected chi connectivity index (χ4v) is 4.43. The summed E-state index contributed by atoms with van der Waals surface area (Å²) in [5.41, 5.74) is 0.945. The van der Waals surface area contributed by atoms with Crippen molar-refractivity contribution in [2.24, 2.45) is 0 Å². The maximum Gasteiger partial charge on any atom is 0.410 e. The van der Waals surface area contributed by atoms with Crippen molar-refractivity contribution in [1.29, 1.82) is 0 Å². The number of nitrogens with zero attached hydrogens (tertiary/aromatic N) is 4. The molecule has 1 amide bonds. The molecule has 0 bridgehead atoms. The number of piperidine rings is 1. The largest absolute Gasteiger partial charge is 0.491 e. The molecular weight excluding hydrogens is 478 g/mol. The van der Waals surface area contributed by atoms with Crippen LogP contribution in [0.4, 0.5) is 16.3 Å². The fraction of sp³-hybridized carbons (Fsp3) is 0.545. The monoisotopic (exact) mass is 509 g/mol. The van der Waals surface area contributed by atoms with Gasteiger partial charge in [0, 0.05) is 25.9 Å². The first kappa shape index (κ1) is 26.4. The second-order valence-corrected chi connectivity index (χ2v) is 10.3. The molecule has 0 aliphatic carbocycles. The Hall–Kier alpha value is -3.19. The number of carbonyl (C=O) groups is 1. The first-order chi connectivity index (χ1) is 16.6. The van der Waals surface area contributed by atoms with Gasteiger partial charge in [0.15, 0.2) is 26.4 Å². The summed E-state index contributed by atoms with van der Waals surface area (Å²) in [5, 5.41) is 11.9. The number of pyridine rings is 1. The number of sulfone groups is 1. The summed E-state index contributed by atoms with van der Waals surface area (Å²) in [6.45, 7) is 5.81. The highest BCUT2D eigenvalue weighted by Gasteiger charge is 2.26. The van der Waals surface area contributed by atoms with Gasteiger partial charge in [-0.05, 0) is 32.9 Å². The SMILES string of the molecule is COc1cnc(OC2CCN(C(=O)OC(C)C)CC2)nc1Nc1ccc(S(=O)(=O)CCO)nc1C. The predicted molar refractivity (Wildman–Crippen MR) is 127 cm³/mol. The Bertz CT molecular complexity index is 1140. The molecule has 0 spiro atoms. The van der Waals surface area contributed by atoms with E-state index in [9.17, 15) is 13.2 Å². The highest BCUT2D eigenvalue weighted by Crippen LogP contribution is 2.29. The van der Waals surface area contributed by atoms with Gasteiger partial charge < -0.3 is 29.5 Å². The number of aryl methyl sites for hydroxylation is 1. The van der Waals surface area contributed by atoms with Crippen molar-refractivity contribution in [3.05, 3.63) is 24.0 Å². The van der Waals surface area contributed by atoms with E-state index in [1.807, 2.05) is 13.8 Å². The van der Waals surface area contributed by atoms with Gasteiger partial charge in [-0.2, -0.15) is 9.97 Å². The maximum absolute atomic E-state index is 12.2. The molecule has 35 heavy (non-hydrogen) atoms. The lowest BCUT2D eigenvalue weighted by Gasteiger charge is -2.31. The quantitative estimate of drug-likeness (QED) is 0.511. The minimum absolute atomic E-state index is 0.114. The Labute approximate surface area is 204 Å². The number of rotatable bonds is 9. The zero-order chi connectivity index (χ0) is 25.6. The highest BCUT2D eigenvalue weighted by atomic mass is 32.2. The molecule has 3 rings (SSSR count). The standard InChI is InChI=1S/C22H31N5O7S/c1-14(2)33-22(29)27-9-7-16(8-10-27)34-21-23-13-18(32-4)20(26-21)25-17-5-6-19(24-15(17)3)35(30,31)12-11-28/h5-6,13-14,16,28H,7-12H2,1-4H3,(H,23,25,26). The van der Waals surface area contributed by atoms with E-state index < -0.39 is 22.2 Å². The maximum atomic E-state index is 12.2. The molecule has 0 unspecified atom stereocenters. The number of aromatic nitrogens is 3. The van der Waals surface area contributed by atoms with E-state index in [0.29, 0.717) is 48.9 Å². The van der Waals surface area contributed by atoms with Crippen molar-refractivity contribution in [3.63, 3.8) is 0 Å². The summed E-state index contributed by atoms with van der Waals surface area (Å²) in [6.07, 6.45) is 2.03. The molecule has 0 aromatic carbocycles. The molecule has 0 atom stereocenters. The second kappa shape index (κ2) is 11.5. The van der Waals surface area contributed by atoms with Crippen LogP contribution in [-0.4, -0.2) is 84.2 Å². The Kier molecular flexibility index (Phi) is 8.67. The Balaban J connectivity index is 1.69. The fourth-order valence-electron chi connectivity index (χ4n) is 3.43. The van der Waals surface area contributed by atoms with Gasteiger partial charge in [0.25, 0.3) is 0 Å². The van der Waals surface area contributed by atoms with E-state index in [4.69, 9.17) is 19.3 Å². The number of hydrogen-bond acceptors (Lipinski definition) is 11. The first-order valence-electron chi connectivity index (χ1n) is 11.2. The third-order valence-corrected chi connectivity index (χ3v) is 6.84. The molecule has 13 heteroatoms. The van der Waals surface area contributed by atoms with Crippen LogP contribution in [0.25, 0.3) is 0 Å². The van der Waals surface area contributed by atoms with E-state index >= 15 is 0 Å². The average molecular weight is 510 g/mol. The van der Waals surface area contributed by atoms with Crippen LogP contribution in [-0.2, 0) is 14.6 Å². The van der Waals surface area contributed by atoms with Gasteiger partial charge in [-0.3, -0.25) is 0 Å². The lowest BCUT2D eigenvalue weighted by Crippen LogP contribution is -2.42. The first-order valence-corrected chi connectivity index (χ1v) is 12.9. The molecule has 3 heterocycles. The molecular formula is C22H31N5O7S. The topological polar surface area (TPSA) is 153 Å². The zero-order valence-electron chi connectivity index (χ0n) is 20.2. The number of methoxy groups -OCH3 is 1. The van der Waals surface area contributed by atoms with Gasteiger partial charge in [0.1, 0.15) is 6.10 Å². The molecule has 1 aliphatic heterocycles. The number of carbonyl (C=O) groups excluding carboxylic acids is 1. The lowest BCUT2D eigenvalue weighted by atomic mass is 10.1. The number of ether oxygens (including phenoxy) is 3. The number of likely N-dealkylation sites (tertiary alicyclic amines) is 1. The van der Waals surface area contributed by atoms with Crippen LogP contribution in [0, 0.1) is 6.92 Å². The van der Waals surface area contributed by atoms with Crippen LogP contribution < -0.4 is 14.8 Å². The van der Waals surface area contributed by atoms with Gasteiger partial charge >= 0.3 is 12.1 Å². The number of hydrogen-bond donors (Lipinski definition) is 2. The lowest BCUT2D eigenvalue weighted by molar-refractivity contribution is 0.0496. The van der Waals surface area contributed by atoms with Crippen LogP contribution in [0.1, 0.15) is 32.4 Å². The average Bonchev–Trinajstić information content (AvgIpc) is 2.80. The molecule has 0 radical (unpaired) electrons. The van der Waals surface area contributed by atoms with Gasteiger partial charge in [-0.1, -0.05) is 0 Å². The number of anilines is 2. The summed E-state index contributed by atoms with van der Waals surface area (Å²) in [4.78, 5) is 26.5. The van der Waals surface area contributed by atoms with Crippen LogP contribution in [0.2, 0.25) is 0 Å². The van der Waals surface area contributed by atoms with Crippen LogP contribution in [0.5, 0.6) is 11.8 Å². The number of nitrogens with one attached hydrogen (secondary N) is 1. The molecule has 0 saturated carbocycles. The Morgan fingerprint density at radius 1 is 1.26 bits per heavy atom. The molecule has 2 aromatic rings. The molecule has 2 aromatic heterocycles. The van der Waals surface area contributed by atoms with Crippen LogP contribution >= 0.6 is 0 Å². The molecule has 1 aliphatic rings. The highest BCUT2D eigenvalue weighted by molar-refractivity contribution is 7.91. The van der Waals surface area contributed by atoms with Crippen molar-refractivity contribution in [1.82, 2.24) is 19.9 Å². The van der Waals surface area contributed by atoms with Gasteiger partial charge in [0.05, 0.1) is 43.2 Å². The molecule has 2 N–H and O–H groups in total. The van der Waals surface area contributed by atoms with Crippen molar-refractivity contribution >= 4 is 27.4 Å². The zero-order valence-corrected chi connectivity index (χ0v) is 21.0. The third kappa shape index (κ3) is 6.92. The van der Waals surface area contributed by atoms with E-state index in [1.54, 1.807) is 17.9 Å². The number of amides is 1. The normalized spacial score (nSPS) is 14.6. The summed E-state index contributed by atoms with van der Waals surface area (Å²) in [6, 6.07) is 3.08. The summed E-state index contributed by atoms with van der Waals surface area (Å²) < 4.78 is 40.9. The van der Waals surface area contributed by atoms with Crippen LogP contribution in [0.15, 0.2) is 23.4 Å². The Morgan fingerprint density at radius 3 is 2.57 bits per heavy atom. The molecule has 1 fully saturated rings.